The fraction of sp³-hybridized carbons (Fsp3) is 0.130. The standard InChI is InChI=1S/C23H20N4O2S/c1-16-11-12-20(24-13-16)27-22(29)18-9-5-6-10-19(18)26-23(27)30-15-21(28)25-14-17-7-3-2-4-8-17/h2-13H,14-15H2,1H3,(H,25,28). The number of amides is 1. The summed E-state index contributed by atoms with van der Waals surface area (Å²) in [5.41, 5.74) is 2.41. The van der Waals surface area contributed by atoms with E-state index in [9.17, 15) is 9.59 Å². The van der Waals surface area contributed by atoms with Crippen LogP contribution in [0.4, 0.5) is 0 Å². The first-order valence-corrected chi connectivity index (χ1v) is 10.5. The van der Waals surface area contributed by atoms with Crippen LogP contribution in [0.25, 0.3) is 16.7 Å². The van der Waals surface area contributed by atoms with Crippen molar-refractivity contribution in [1.82, 2.24) is 19.9 Å². The largest absolute Gasteiger partial charge is 0.351 e. The number of carbonyl (C=O) groups is 1. The lowest BCUT2D eigenvalue weighted by Crippen LogP contribution is -2.26. The van der Waals surface area contributed by atoms with Crippen LogP contribution in [-0.2, 0) is 11.3 Å². The molecule has 2 heterocycles. The van der Waals surface area contributed by atoms with Gasteiger partial charge in [-0.2, -0.15) is 0 Å². The Morgan fingerprint density at radius 1 is 1.03 bits per heavy atom. The van der Waals surface area contributed by atoms with Crippen LogP contribution < -0.4 is 10.9 Å². The van der Waals surface area contributed by atoms with Crippen molar-refractivity contribution in [2.24, 2.45) is 0 Å². The van der Waals surface area contributed by atoms with E-state index in [0.717, 1.165) is 11.1 Å². The number of para-hydroxylation sites is 1. The van der Waals surface area contributed by atoms with Gasteiger partial charge in [0.1, 0.15) is 5.82 Å². The fourth-order valence-electron chi connectivity index (χ4n) is 2.98. The smallest absolute Gasteiger partial charge is 0.267 e. The molecule has 6 nitrogen and oxygen atoms in total. The van der Waals surface area contributed by atoms with Gasteiger partial charge in [-0.3, -0.25) is 9.59 Å². The van der Waals surface area contributed by atoms with E-state index in [-0.39, 0.29) is 17.2 Å². The maximum atomic E-state index is 13.2. The molecule has 0 aliphatic heterocycles. The Bertz CT molecular complexity index is 1240. The molecule has 0 saturated carbocycles. The maximum Gasteiger partial charge on any atom is 0.267 e. The Hall–Kier alpha value is -3.45. The number of aromatic nitrogens is 3. The molecule has 0 saturated heterocycles. The molecule has 30 heavy (non-hydrogen) atoms. The van der Waals surface area contributed by atoms with Crippen molar-refractivity contribution in [2.75, 3.05) is 5.75 Å². The van der Waals surface area contributed by atoms with Gasteiger partial charge in [-0.1, -0.05) is 60.3 Å². The highest BCUT2D eigenvalue weighted by molar-refractivity contribution is 7.99. The summed E-state index contributed by atoms with van der Waals surface area (Å²) in [6.45, 7) is 2.39. The van der Waals surface area contributed by atoms with Crippen molar-refractivity contribution in [2.45, 2.75) is 18.6 Å². The van der Waals surface area contributed by atoms with Gasteiger partial charge in [0, 0.05) is 12.7 Å². The molecule has 2 aromatic heterocycles. The summed E-state index contributed by atoms with van der Waals surface area (Å²) < 4.78 is 1.47. The quantitative estimate of drug-likeness (QED) is 0.385. The highest BCUT2D eigenvalue weighted by Gasteiger charge is 2.15. The minimum absolute atomic E-state index is 0.130. The molecule has 2 aromatic carbocycles. The molecule has 7 heteroatoms. The van der Waals surface area contributed by atoms with Gasteiger partial charge in [0.05, 0.1) is 16.7 Å². The number of nitrogens with one attached hydrogen (secondary N) is 1. The van der Waals surface area contributed by atoms with E-state index in [4.69, 9.17) is 0 Å². The third kappa shape index (κ3) is 4.41. The van der Waals surface area contributed by atoms with Gasteiger partial charge in [0.15, 0.2) is 5.16 Å². The van der Waals surface area contributed by atoms with E-state index < -0.39 is 0 Å². The summed E-state index contributed by atoms with van der Waals surface area (Å²) in [4.78, 5) is 34.5. The zero-order valence-corrected chi connectivity index (χ0v) is 17.2. The average molecular weight is 417 g/mol. The molecule has 4 rings (SSSR count). The first kappa shape index (κ1) is 19.8. The van der Waals surface area contributed by atoms with Gasteiger partial charge in [-0.05, 0) is 36.2 Å². The van der Waals surface area contributed by atoms with Crippen LogP contribution in [-0.4, -0.2) is 26.2 Å². The number of pyridine rings is 1. The Kier molecular flexibility index (Phi) is 5.90. The number of carbonyl (C=O) groups excluding carboxylic acids is 1. The molecule has 0 aliphatic carbocycles. The van der Waals surface area contributed by atoms with Gasteiger partial charge < -0.3 is 5.32 Å². The van der Waals surface area contributed by atoms with Crippen molar-refractivity contribution in [1.29, 1.82) is 0 Å². The van der Waals surface area contributed by atoms with E-state index in [1.807, 2.05) is 55.5 Å². The van der Waals surface area contributed by atoms with E-state index in [1.54, 1.807) is 24.4 Å². The SMILES string of the molecule is Cc1ccc(-n2c(SCC(=O)NCc3ccccc3)nc3ccccc3c2=O)nc1. The summed E-state index contributed by atoms with van der Waals surface area (Å²) >= 11 is 1.22. The average Bonchev–Trinajstić information content (AvgIpc) is 2.78. The summed E-state index contributed by atoms with van der Waals surface area (Å²) in [7, 11) is 0. The normalized spacial score (nSPS) is 10.8. The molecular formula is C23H20N4O2S. The van der Waals surface area contributed by atoms with Gasteiger partial charge >= 0.3 is 0 Å². The summed E-state index contributed by atoms with van der Waals surface area (Å²) in [5.74, 6) is 0.495. The molecule has 0 bridgehead atoms. The van der Waals surface area contributed by atoms with Crippen LogP contribution in [0.1, 0.15) is 11.1 Å². The number of benzene rings is 2. The topological polar surface area (TPSA) is 76.9 Å². The van der Waals surface area contributed by atoms with Crippen LogP contribution in [0.3, 0.4) is 0 Å². The lowest BCUT2D eigenvalue weighted by molar-refractivity contribution is -0.118. The number of hydrogen-bond acceptors (Lipinski definition) is 5. The van der Waals surface area contributed by atoms with E-state index in [2.05, 4.69) is 15.3 Å². The van der Waals surface area contributed by atoms with E-state index in [0.29, 0.717) is 28.4 Å². The second kappa shape index (κ2) is 8.92. The van der Waals surface area contributed by atoms with Crippen LogP contribution >= 0.6 is 11.8 Å². The summed E-state index contributed by atoms with van der Waals surface area (Å²) in [5, 5.41) is 3.84. The monoisotopic (exact) mass is 416 g/mol. The highest BCUT2D eigenvalue weighted by Crippen LogP contribution is 2.20. The molecular weight excluding hydrogens is 396 g/mol. The fourth-order valence-corrected chi connectivity index (χ4v) is 3.81. The Labute approximate surface area is 178 Å². The number of fused-ring (bicyclic) bond motifs is 1. The number of aryl methyl sites for hydroxylation is 1. The number of hydrogen-bond donors (Lipinski definition) is 1. The van der Waals surface area contributed by atoms with Crippen LogP contribution in [0, 0.1) is 6.92 Å². The Balaban J connectivity index is 1.60. The lowest BCUT2D eigenvalue weighted by atomic mass is 10.2. The Morgan fingerprint density at radius 3 is 2.57 bits per heavy atom. The van der Waals surface area contributed by atoms with Gasteiger partial charge in [0.25, 0.3) is 5.56 Å². The lowest BCUT2D eigenvalue weighted by Gasteiger charge is -2.12. The first-order chi connectivity index (χ1) is 14.6. The molecule has 0 aliphatic rings. The van der Waals surface area contributed by atoms with Gasteiger partial charge in [-0.25, -0.2) is 14.5 Å². The number of thioether (sulfide) groups is 1. The number of rotatable bonds is 6. The molecule has 150 valence electrons. The first-order valence-electron chi connectivity index (χ1n) is 9.50. The van der Waals surface area contributed by atoms with Crippen molar-refractivity contribution in [3.05, 3.63) is 94.4 Å². The third-order valence-corrected chi connectivity index (χ3v) is 5.47. The molecule has 1 N–H and O–H groups in total. The van der Waals surface area contributed by atoms with Crippen molar-refractivity contribution in [3.8, 4) is 5.82 Å². The van der Waals surface area contributed by atoms with Crippen molar-refractivity contribution < 1.29 is 4.79 Å². The van der Waals surface area contributed by atoms with E-state index >= 15 is 0 Å². The maximum absolute atomic E-state index is 13.2. The highest BCUT2D eigenvalue weighted by atomic mass is 32.2. The molecule has 0 radical (unpaired) electrons. The third-order valence-electron chi connectivity index (χ3n) is 4.53. The Morgan fingerprint density at radius 2 is 1.80 bits per heavy atom. The van der Waals surface area contributed by atoms with Gasteiger partial charge in [0.2, 0.25) is 5.91 Å². The van der Waals surface area contributed by atoms with Crippen molar-refractivity contribution >= 4 is 28.6 Å². The zero-order valence-electron chi connectivity index (χ0n) is 16.4. The van der Waals surface area contributed by atoms with Crippen molar-refractivity contribution in [3.63, 3.8) is 0 Å². The molecule has 1 amide bonds. The predicted octanol–water partition coefficient (Wildman–Crippen LogP) is 3.50. The molecule has 0 atom stereocenters. The molecule has 4 aromatic rings. The summed E-state index contributed by atoms with van der Waals surface area (Å²) in [6, 6.07) is 20.6. The summed E-state index contributed by atoms with van der Waals surface area (Å²) in [6.07, 6.45) is 1.71. The van der Waals surface area contributed by atoms with Gasteiger partial charge in [-0.15, -0.1) is 0 Å². The molecule has 0 unspecified atom stereocenters. The number of nitrogens with zero attached hydrogens (tertiary/aromatic N) is 3. The second-order valence-electron chi connectivity index (χ2n) is 6.80. The van der Waals surface area contributed by atoms with Crippen LogP contribution in [0.2, 0.25) is 0 Å². The van der Waals surface area contributed by atoms with Crippen LogP contribution in [0.5, 0.6) is 0 Å². The zero-order chi connectivity index (χ0) is 20.9. The molecule has 0 fully saturated rings. The second-order valence-corrected chi connectivity index (χ2v) is 7.74. The predicted molar refractivity (Wildman–Crippen MR) is 119 cm³/mol. The van der Waals surface area contributed by atoms with Crippen LogP contribution in [0.15, 0.2) is 82.9 Å². The minimum Gasteiger partial charge on any atom is -0.351 e. The minimum atomic E-state index is -0.204. The molecule has 0 spiro atoms. The van der Waals surface area contributed by atoms with E-state index in [1.165, 1.54) is 16.3 Å².